The van der Waals surface area contributed by atoms with Crippen LogP contribution in [0.5, 0.6) is 0 Å². The van der Waals surface area contributed by atoms with Crippen molar-refractivity contribution in [2.45, 2.75) is 40.8 Å². The Hall–Kier alpha value is -7.22. The fraction of sp³-hybridized carbons (Fsp3) is 0.171. The number of Topliss-reactive ketones (excluding diaryl/α,β-unsaturated/α-hetero) is 2. The van der Waals surface area contributed by atoms with Crippen LogP contribution in [0.15, 0.2) is 124 Å². The molecule has 3 aromatic heterocycles. The molecule has 0 saturated carbocycles. The third-order valence-electron chi connectivity index (χ3n) is 8.68. The maximum Gasteiger partial charge on any atom is 0.293 e. The number of nitrogens with one attached hydrogen (secondary N) is 1. The molecule has 14 heteroatoms. The van der Waals surface area contributed by atoms with Crippen molar-refractivity contribution in [3.8, 4) is 33.8 Å². The van der Waals surface area contributed by atoms with Crippen molar-refractivity contribution in [2.75, 3.05) is 5.32 Å². The normalized spacial score (nSPS) is 11.3. The SMILES string of the molecule is CCn1nc(-c2ccccc2)c(C(C)=O)c(N=c2cccc3n(O)cccc2-3)c1=O.CCn1nc(-c2ccccc2)c(C(C)=O)c(Nc2ccn(C)n2)c1=O. The van der Waals surface area contributed by atoms with Gasteiger partial charge in [-0.3, -0.25) is 23.9 Å². The van der Waals surface area contributed by atoms with E-state index in [9.17, 15) is 24.4 Å². The Morgan fingerprint density at radius 1 is 0.691 bits per heavy atom. The minimum absolute atomic E-state index is 0.0408. The highest BCUT2D eigenvalue weighted by atomic mass is 16.5. The van der Waals surface area contributed by atoms with E-state index in [0.717, 1.165) is 15.9 Å². The van der Waals surface area contributed by atoms with Crippen molar-refractivity contribution >= 4 is 28.8 Å². The van der Waals surface area contributed by atoms with Crippen LogP contribution in [0.1, 0.15) is 48.4 Å². The number of carbonyl (C=O) groups excluding carboxylic acids is 2. The molecule has 0 saturated heterocycles. The molecule has 0 fully saturated rings. The first-order valence-electron chi connectivity index (χ1n) is 17.6. The topological polar surface area (TPSA) is 171 Å². The van der Waals surface area contributed by atoms with E-state index in [-0.39, 0.29) is 39.6 Å². The van der Waals surface area contributed by atoms with Crippen LogP contribution in [0, 0.1) is 0 Å². The number of fused-ring (bicyclic) bond motifs is 1. The number of hydrogen-bond acceptors (Lipinski definition) is 10. The summed E-state index contributed by atoms with van der Waals surface area (Å²) >= 11 is 0. The van der Waals surface area contributed by atoms with Crippen LogP contribution < -0.4 is 21.8 Å². The molecule has 0 spiro atoms. The zero-order valence-electron chi connectivity index (χ0n) is 31.0. The second-order valence-corrected chi connectivity index (χ2v) is 12.4. The largest absolute Gasteiger partial charge is 0.428 e. The summed E-state index contributed by atoms with van der Waals surface area (Å²) in [5, 5.41) is 26.6. The molecule has 0 amide bonds. The van der Waals surface area contributed by atoms with Gasteiger partial charge in [0.05, 0.1) is 22.2 Å². The molecule has 0 atom stereocenters. The lowest BCUT2D eigenvalue weighted by atomic mass is 10.0. The zero-order valence-corrected chi connectivity index (χ0v) is 31.0. The van der Waals surface area contributed by atoms with Crippen molar-refractivity contribution in [1.82, 2.24) is 34.1 Å². The van der Waals surface area contributed by atoms with Gasteiger partial charge in [0.25, 0.3) is 11.1 Å². The van der Waals surface area contributed by atoms with E-state index in [4.69, 9.17) is 0 Å². The van der Waals surface area contributed by atoms with Crippen molar-refractivity contribution < 1.29 is 14.8 Å². The Morgan fingerprint density at radius 2 is 1.27 bits per heavy atom. The highest BCUT2D eigenvalue weighted by molar-refractivity contribution is 6.05. The Balaban J connectivity index is 0.000000190. The number of carbonyl (C=O) groups is 2. The molecule has 0 unspecified atom stereocenters. The average Bonchev–Trinajstić information content (AvgIpc) is 3.61. The highest BCUT2D eigenvalue weighted by Crippen LogP contribution is 2.29. The van der Waals surface area contributed by atoms with Crippen LogP contribution in [-0.4, -0.2) is 50.8 Å². The van der Waals surface area contributed by atoms with Gasteiger partial charge < -0.3 is 10.5 Å². The molecule has 7 rings (SSSR count). The molecular formula is C41H39N9O5. The van der Waals surface area contributed by atoms with Gasteiger partial charge >= 0.3 is 0 Å². The fourth-order valence-electron chi connectivity index (χ4n) is 6.09. The first kappa shape index (κ1) is 37.5. The molecular weight excluding hydrogens is 699 g/mol. The molecule has 1 aliphatic heterocycles. The highest BCUT2D eigenvalue weighted by Gasteiger charge is 2.23. The van der Waals surface area contributed by atoms with Gasteiger partial charge in [-0.1, -0.05) is 66.7 Å². The Kier molecular flexibility index (Phi) is 11.1. The summed E-state index contributed by atoms with van der Waals surface area (Å²) in [6, 6.07) is 29.1. The van der Waals surface area contributed by atoms with E-state index in [0.29, 0.717) is 46.9 Å². The summed E-state index contributed by atoms with van der Waals surface area (Å²) in [5.74, 6) is -0.0296. The Bertz CT molecular complexity index is 2680. The molecule has 14 nitrogen and oxygen atoms in total. The van der Waals surface area contributed by atoms with Gasteiger partial charge in [-0.05, 0) is 52.0 Å². The minimum Gasteiger partial charge on any atom is -0.428 e. The summed E-state index contributed by atoms with van der Waals surface area (Å²) in [7, 11) is 1.78. The van der Waals surface area contributed by atoms with E-state index < -0.39 is 5.56 Å². The lowest BCUT2D eigenvalue weighted by molar-refractivity contribution is 0.100. The summed E-state index contributed by atoms with van der Waals surface area (Å²) in [6.07, 6.45) is 3.27. The fourth-order valence-corrected chi connectivity index (χ4v) is 6.09. The van der Waals surface area contributed by atoms with Crippen LogP contribution in [0.3, 0.4) is 0 Å². The van der Waals surface area contributed by atoms with E-state index in [2.05, 4.69) is 25.6 Å². The quantitative estimate of drug-likeness (QED) is 0.131. The Morgan fingerprint density at radius 3 is 1.82 bits per heavy atom. The van der Waals surface area contributed by atoms with Crippen molar-refractivity contribution in [3.05, 3.63) is 147 Å². The molecule has 1 aliphatic carbocycles. The maximum atomic E-state index is 13.1. The molecule has 5 aromatic rings. The second kappa shape index (κ2) is 16.2. The van der Waals surface area contributed by atoms with Gasteiger partial charge in [-0.2, -0.15) is 20.0 Å². The second-order valence-electron chi connectivity index (χ2n) is 12.4. The van der Waals surface area contributed by atoms with Gasteiger partial charge in [-0.25, -0.2) is 14.4 Å². The third-order valence-corrected chi connectivity index (χ3v) is 8.68. The lowest BCUT2D eigenvalue weighted by Crippen LogP contribution is -2.28. The van der Waals surface area contributed by atoms with Crippen molar-refractivity contribution in [3.63, 3.8) is 0 Å². The molecule has 2 aliphatic rings. The number of anilines is 2. The first-order valence-corrected chi connectivity index (χ1v) is 17.6. The third kappa shape index (κ3) is 7.78. The predicted octanol–water partition coefficient (Wildman–Crippen LogP) is 6.12. The smallest absolute Gasteiger partial charge is 0.293 e. The van der Waals surface area contributed by atoms with Gasteiger partial charge in [-0.15, -0.1) is 0 Å². The first-order chi connectivity index (χ1) is 26.5. The van der Waals surface area contributed by atoms with E-state index in [1.165, 1.54) is 29.4 Å². The molecule has 0 bridgehead atoms. The number of aryl methyl sites for hydroxylation is 3. The van der Waals surface area contributed by atoms with Crippen LogP contribution in [0.4, 0.5) is 17.2 Å². The molecule has 278 valence electrons. The number of hydrogen-bond donors (Lipinski definition) is 2. The average molecular weight is 738 g/mol. The number of pyridine rings is 1. The van der Waals surface area contributed by atoms with E-state index in [1.54, 1.807) is 54.3 Å². The molecule has 4 heterocycles. The van der Waals surface area contributed by atoms with E-state index >= 15 is 0 Å². The van der Waals surface area contributed by atoms with Crippen molar-refractivity contribution in [1.29, 1.82) is 0 Å². The maximum absolute atomic E-state index is 13.1. The summed E-state index contributed by atoms with van der Waals surface area (Å²) < 4.78 is 5.27. The van der Waals surface area contributed by atoms with Crippen LogP contribution >= 0.6 is 0 Å². The lowest BCUT2D eigenvalue weighted by Gasteiger charge is -2.15. The summed E-state index contributed by atoms with van der Waals surface area (Å²) in [6.45, 7) is 7.22. The predicted molar refractivity (Wildman–Crippen MR) is 209 cm³/mol. The molecule has 55 heavy (non-hydrogen) atoms. The number of ketones is 2. The van der Waals surface area contributed by atoms with Gasteiger partial charge in [0.1, 0.15) is 22.8 Å². The number of rotatable bonds is 9. The van der Waals surface area contributed by atoms with Crippen LogP contribution in [0.2, 0.25) is 0 Å². The van der Waals surface area contributed by atoms with Crippen molar-refractivity contribution in [2.24, 2.45) is 12.0 Å². The van der Waals surface area contributed by atoms with Gasteiger partial charge in [0.15, 0.2) is 17.4 Å². The number of aromatic nitrogens is 7. The summed E-state index contributed by atoms with van der Waals surface area (Å²) in [5.41, 5.74) is 3.49. The number of nitrogens with zero attached hydrogens (tertiary/aromatic N) is 8. The van der Waals surface area contributed by atoms with E-state index in [1.807, 2.05) is 74.5 Å². The zero-order chi connectivity index (χ0) is 39.2. The van der Waals surface area contributed by atoms with Crippen LogP contribution in [0.25, 0.3) is 33.8 Å². The van der Waals surface area contributed by atoms with Gasteiger partial charge in [0, 0.05) is 55.3 Å². The molecule has 2 aromatic carbocycles. The monoisotopic (exact) mass is 737 g/mol. The molecule has 0 radical (unpaired) electrons. The van der Waals surface area contributed by atoms with Crippen LogP contribution in [-0.2, 0) is 20.1 Å². The molecule has 2 N–H and O–H groups in total. The number of benzene rings is 3. The Labute approximate surface area is 315 Å². The standard InChI is InChI=1S/C23H20N4O3.C18H19N5O2/c1-3-26-23(29)22(20(15(2)28)21(25-26)16-9-5-4-6-10-16)24-18-12-7-13-19-17(18)11-8-14-27(19)30;1-4-23-18(25)17(19-14-10-11-22(3)20-14)15(12(2)24)16(21-23)13-8-6-5-7-9-13/h4-14,30H,3H2,1-2H3;5-11H,4H2,1-3H3,(H,19,20). The summed E-state index contributed by atoms with van der Waals surface area (Å²) in [4.78, 5) is 55.5. The minimum atomic E-state index is -0.438. The van der Waals surface area contributed by atoms with Gasteiger partial charge in [0.2, 0.25) is 0 Å².